The van der Waals surface area contributed by atoms with Gasteiger partial charge in [0.25, 0.3) is 0 Å². The molecule has 0 aliphatic heterocycles. The number of halogens is 3. The third kappa shape index (κ3) is 2.20. The average Bonchev–Trinajstić information content (AvgIpc) is 2.72. The number of nitrogen functional groups attached to an aromatic ring is 1. The standard InChI is InChI=1S/C13H7BrCl2N2O/c14-6-4-9(17)12-10(5-6)18-13(19-12)11-7(15)2-1-3-8(11)16/h1-5H,17H2. The van der Waals surface area contributed by atoms with Gasteiger partial charge in [0.1, 0.15) is 5.52 Å². The maximum absolute atomic E-state index is 6.14. The molecule has 0 unspecified atom stereocenters. The molecule has 0 atom stereocenters. The Morgan fingerprint density at radius 1 is 1.16 bits per heavy atom. The Morgan fingerprint density at radius 3 is 2.53 bits per heavy atom. The van der Waals surface area contributed by atoms with Crippen molar-refractivity contribution in [1.29, 1.82) is 0 Å². The van der Waals surface area contributed by atoms with Crippen LogP contribution in [-0.2, 0) is 0 Å². The van der Waals surface area contributed by atoms with Gasteiger partial charge in [-0.15, -0.1) is 0 Å². The van der Waals surface area contributed by atoms with Crippen molar-refractivity contribution in [2.45, 2.75) is 0 Å². The Hall–Kier alpha value is -1.23. The second-order valence-corrected chi connectivity index (χ2v) is 5.69. The summed E-state index contributed by atoms with van der Waals surface area (Å²) in [6, 6.07) is 8.81. The number of aromatic nitrogens is 1. The summed E-state index contributed by atoms with van der Waals surface area (Å²) in [6.07, 6.45) is 0. The van der Waals surface area contributed by atoms with Crippen molar-refractivity contribution in [3.05, 3.63) is 44.8 Å². The van der Waals surface area contributed by atoms with E-state index in [-0.39, 0.29) is 0 Å². The van der Waals surface area contributed by atoms with Crippen molar-refractivity contribution in [3.63, 3.8) is 0 Å². The van der Waals surface area contributed by atoms with Crippen LogP contribution in [0.2, 0.25) is 10.0 Å². The van der Waals surface area contributed by atoms with E-state index < -0.39 is 0 Å². The Balaban J connectivity index is 2.30. The first-order valence-corrected chi connectivity index (χ1v) is 6.91. The van der Waals surface area contributed by atoms with Gasteiger partial charge in [-0.05, 0) is 24.3 Å². The maximum atomic E-state index is 6.14. The minimum atomic E-state index is 0.357. The van der Waals surface area contributed by atoms with Crippen LogP contribution < -0.4 is 5.73 Å². The number of rotatable bonds is 1. The minimum Gasteiger partial charge on any atom is -0.434 e. The number of nitrogens with two attached hydrogens (primary N) is 1. The number of benzene rings is 2. The summed E-state index contributed by atoms with van der Waals surface area (Å²) in [4.78, 5) is 4.38. The molecule has 0 radical (unpaired) electrons. The van der Waals surface area contributed by atoms with Crippen LogP contribution in [0.25, 0.3) is 22.6 Å². The van der Waals surface area contributed by atoms with E-state index in [0.29, 0.717) is 38.3 Å². The van der Waals surface area contributed by atoms with Crippen molar-refractivity contribution in [1.82, 2.24) is 4.98 Å². The van der Waals surface area contributed by atoms with Crippen LogP contribution in [0.5, 0.6) is 0 Å². The van der Waals surface area contributed by atoms with Crippen molar-refractivity contribution in [3.8, 4) is 11.5 Å². The molecule has 0 bridgehead atoms. The monoisotopic (exact) mass is 356 g/mol. The molecule has 3 nitrogen and oxygen atoms in total. The van der Waals surface area contributed by atoms with Crippen molar-refractivity contribution >= 4 is 55.9 Å². The molecule has 2 N–H and O–H groups in total. The molecule has 0 saturated carbocycles. The first-order valence-electron chi connectivity index (χ1n) is 5.36. The fraction of sp³-hybridized carbons (Fsp3) is 0. The molecule has 0 fully saturated rings. The second kappa shape index (κ2) is 4.71. The normalized spacial score (nSPS) is 11.1. The van der Waals surface area contributed by atoms with Crippen LogP contribution in [0.15, 0.2) is 39.2 Å². The second-order valence-electron chi connectivity index (χ2n) is 3.96. The highest BCUT2D eigenvalue weighted by molar-refractivity contribution is 9.10. The van der Waals surface area contributed by atoms with E-state index in [1.807, 2.05) is 6.07 Å². The first-order chi connectivity index (χ1) is 9.06. The lowest BCUT2D eigenvalue weighted by molar-refractivity contribution is 0.621. The molecule has 3 aromatic rings. The molecule has 1 aromatic heterocycles. The van der Waals surface area contributed by atoms with Crippen LogP contribution in [0.3, 0.4) is 0 Å². The van der Waals surface area contributed by atoms with Crippen LogP contribution in [0.4, 0.5) is 5.69 Å². The quantitative estimate of drug-likeness (QED) is 0.613. The molecule has 0 aliphatic rings. The van der Waals surface area contributed by atoms with E-state index >= 15 is 0 Å². The Kier molecular flexibility index (Phi) is 3.17. The lowest BCUT2D eigenvalue weighted by atomic mass is 10.2. The third-order valence-electron chi connectivity index (χ3n) is 2.66. The van der Waals surface area contributed by atoms with Gasteiger partial charge in [0, 0.05) is 4.47 Å². The number of oxazole rings is 1. The Bertz CT molecular complexity index is 765. The number of anilines is 1. The zero-order valence-electron chi connectivity index (χ0n) is 9.45. The van der Waals surface area contributed by atoms with Gasteiger partial charge in [0.2, 0.25) is 5.89 Å². The van der Waals surface area contributed by atoms with Crippen LogP contribution >= 0.6 is 39.1 Å². The Labute approximate surface area is 127 Å². The van der Waals surface area contributed by atoms with Gasteiger partial charge in [-0.25, -0.2) is 4.98 Å². The number of hydrogen-bond donors (Lipinski definition) is 1. The molecule has 2 aromatic carbocycles. The summed E-state index contributed by atoms with van der Waals surface area (Å²) < 4.78 is 6.51. The maximum Gasteiger partial charge on any atom is 0.230 e. The van der Waals surface area contributed by atoms with Crippen LogP contribution in [0, 0.1) is 0 Å². The van der Waals surface area contributed by atoms with E-state index in [2.05, 4.69) is 20.9 Å². The van der Waals surface area contributed by atoms with Gasteiger partial charge in [0.05, 0.1) is 21.3 Å². The summed E-state index contributed by atoms with van der Waals surface area (Å²) >= 11 is 15.6. The number of fused-ring (bicyclic) bond motifs is 1. The predicted octanol–water partition coefficient (Wildman–Crippen LogP) is 5.15. The summed E-state index contributed by atoms with van der Waals surface area (Å²) in [5.41, 5.74) is 8.14. The first kappa shape index (κ1) is 12.8. The zero-order chi connectivity index (χ0) is 13.6. The molecule has 1 heterocycles. The summed E-state index contributed by atoms with van der Waals surface area (Å²) in [5, 5.41) is 0.966. The van der Waals surface area contributed by atoms with Gasteiger partial charge in [-0.1, -0.05) is 45.2 Å². The number of nitrogens with zero attached hydrogens (tertiary/aromatic N) is 1. The van der Waals surface area contributed by atoms with Crippen molar-refractivity contribution in [2.75, 3.05) is 5.73 Å². The highest BCUT2D eigenvalue weighted by Gasteiger charge is 2.16. The molecule has 3 rings (SSSR count). The molecule has 19 heavy (non-hydrogen) atoms. The molecule has 0 amide bonds. The molecule has 6 heteroatoms. The van der Waals surface area contributed by atoms with Gasteiger partial charge < -0.3 is 10.2 Å². The topological polar surface area (TPSA) is 52.0 Å². The highest BCUT2D eigenvalue weighted by Crippen LogP contribution is 2.37. The van der Waals surface area contributed by atoms with Gasteiger partial charge in [0.15, 0.2) is 5.58 Å². The largest absolute Gasteiger partial charge is 0.434 e. The van der Waals surface area contributed by atoms with Gasteiger partial charge in [-0.2, -0.15) is 0 Å². The SMILES string of the molecule is Nc1cc(Br)cc2nc(-c3c(Cl)cccc3Cl)oc12. The molecular weight excluding hydrogens is 351 g/mol. The van der Waals surface area contributed by atoms with Crippen LogP contribution in [-0.4, -0.2) is 4.98 Å². The lowest BCUT2D eigenvalue weighted by Crippen LogP contribution is -1.84. The fourth-order valence-electron chi connectivity index (χ4n) is 1.83. The molecule has 0 aliphatic carbocycles. The summed E-state index contributed by atoms with van der Waals surface area (Å²) in [7, 11) is 0. The van der Waals surface area contributed by atoms with Crippen LogP contribution in [0.1, 0.15) is 0 Å². The van der Waals surface area contributed by atoms with E-state index in [0.717, 1.165) is 4.47 Å². The zero-order valence-corrected chi connectivity index (χ0v) is 12.6. The molecule has 0 spiro atoms. The van der Waals surface area contributed by atoms with Gasteiger partial charge in [-0.3, -0.25) is 0 Å². The van der Waals surface area contributed by atoms with Crippen molar-refractivity contribution in [2.24, 2.45) is 0 Å². The minimum absolute atomic E-state index is 0.357. The summed E-state index contributed by atoms with van der Waals surface area (Å²) in [6.45, 7) is 0. The van der Waals surface area contributed by atoms with Gasteiger partial charge >= 0.3 is 0 Å². The van der Waals surface area contributed by atoms with Crippen molar-refractivity contribution < 1.29 is 4.42 Å². The Morgan fingerprint density at radius 2 is 1.84 bits per heavy atom. The predicted molar refractivity (Wildman–Crippen MR) is 81.6 cm³/mol. The average molecular weight is 358 g/mol. The fourth-order valence-corrected chi connectivity index (χ4v) is 2.85. The van der Waals surface area contributed by atoms with E-state index in [1.54, 1.807) is 24.3 Å². The molecule has 96 valence electrons. The van der Waals surface area contributed by atoms with E-state index in [9.17, 15) is 0 Å². The smallest absolute Gasteiger partial charge is 0.230 e. The molecular formula is C13H7BrCl2N2O. The number of hydrogen-bond acceptors (Lipinski definition) is 3. The highest BCUT2D eigenvalue weighted by atomic mass is 79.9. The lowest BCUT2D eigenvalue weighted by Gasteiger charge is -2.01. The van der Waals surface area contributed by atoms with E-state index in [4.69, 9.17) is 33.4 Å². The molecule has 0 saturated heterocycles. The summed E-state index contributed by atoms with van der Waals surface area (Å²) in [5.74, 6) is 0.357. The third-order valence-corrected chi connectivity index (χ3v) is 3.75. The van der Waals surface area contributed by atoms with E-state index in [1.165, 1.54) is 0 Å².